The highest BCUT2D eigenvalue weighted by molar-refractivity contribution is 5.01. The summed E-state index contributed by atoms with van der Waals surface area (Å²) in [5.74, 6) is 0. The van der Waals surface area contributed by atoms with Gasteiger partial charge in [-0.05, 0) is 26.3 Å². The highest BCUT2D eigenvalue weighted by Crippen LogP contribution is 2.04. The molecule has 90 valence electrons. The minimum atomic E-state index is -2.38. The van der Waals surface area contributed by atoms with Gasteiger partial charge in [0.25, 0.3) is 6.43 Å². The molecular formula is C11H21F2NO. The summed E-state index contributed by atoms with van der Waals surface area (Å²) in [7, 11) is 0. The molecule has 0 aromatic rings. The summed E-state index contributed by atoms with van der Waals surface area (Å²) in [6.45, 7) is 8.65. The molecular weight excluding hydrogens is 200 g/mol. The van der Waals surface area contributed by atoms with Crippen LogP contribution >= 0.6 is 0 Å². The first-order valence-electron chi connectivity index (χ1n) is 5.32. The number of rotatable bonds is 9. The van der Waals surface area contributed by atoms with Crippen LogP contribution in [0, 0.1) is 0 Å². The van der Waals surface area contributed by atoms with Gasteiger partial charge >= 0.3 is 0 Å². The maximum absolute atomic E-state index is 11.8. The number of ether oxygens (including phenoxy) is 1. The molecule has 0 bridgehead atoms. The van der Waals surface area contributed by atoms with Crippen LogP contribution in [0.1, 0.15) is 26.7 Å². The van der Waals surface area contributed by atoms with Gasteiger partial charge in [0, 0.05) is 12.6 Å². The smallest absolute Gasteiger partial charge is 0.261 e. The SMILES string of the molecule is C=C(C)C(CCOCC(F)F)NCCC. The lowest BCUT2D eigenvalue weighted by Gasteiger charge is -2.18. The van der Waals surface area contributed by atoms with Crippen LogP contribution in [0.15, 0.2) is 12.2 Å². The Morgan fingerprint density at radius 1 is 1.47 bits per heavy atom. The van der Waals surface area contributed by atoms with E-state index in [1.165, 1.54) is 0 Å². The average molecular weight is 221 g/mol. The fourth-order valence-corrected chi connectivity index (χ4v) is 1.21. The Hall–Kier alpha value is -0.480. The highest BCUT2D eigenvalue weighted by Gasteiger charge is 2.08. The minimum absolute atomic E-state index is 0.169. The average Bonchev–Trinajstić information content (AvgIpc) is 2.15. The van der Waals surface area contributed by atoms with E-state index < -0.39 is 13.0 Å². The molecule has 1 unspecified atom stereocenters. The predicted molar refractivity (Wildman–Crippen MR) is 58.3 cm³/mol. The molecule has 15 heavy (non-hydrogen) atoms. The van der Waals surface area contributed by atoms with Crippen LogP contribution in [0.5, 0.6) is 0 Å². The minimum Gasteiger partial charge on any atom is -0.375 e. The van der Waals surface area contributed by atoms with E-state index in [2.05, 4.69) is 18.8 Å². The van der Waals surface area contributed by atoms with Crippen molar-refractivity contribution in [3.8, 4) is 0 Å². The Bertz CT molecular complexity index is 174. The fourth-order valence-electron chi connectivity index (χ4n) is 1.21. The van der Waals surface area contributed by atoms with Gasteiger partial charge in [-0.2, -0.15) is 0 Å². The first kappa shape index (κ1) is 14.5. The molecule has 2 nitrogen and oxygen atoms in total. The number of hydrogen-bond acceptors (Lipinski definition) is 2. The Morgan fingerprint density at radius 3 is 2.60 bits per heavy atom. The summed E-state index contributed by atoms with van der Waals surface area (Å²) >= 11 is 0. The van der Waals surface area contributed by atoms with Crippen molar-refractivity contribution in [3.05, 3.63) is 12.2 Å². The lowest BCUT2D eigenvalue weighted by Crippen LogP contribution is -2.31. The van der Waals surface area contributed by atoms with Crippen molar-refractivity contribution >= 4 is 0 Å². The second kappa shape index (κ2) is 8.80. The molecule has 4 heteroatoms. The summed E-state index contributed by atoms with van der Waals surface area (Å²) in [4.78, 5) is 0. The number of hydrogen-bond donors (Lipinski definition) is 1. The van der Waals surface area contributed by atoms with Crippen LogP contribution < -0.4 is 5.32 Å². The monoisotopic (exact) mass is 221 g/mol. The van der Waals surface area contributed by atoms with Gasteiger partial charge in [0.15, 0.2) is 0 Å². The molecule has 0 aromatic carbocycles. The molecule has 0 radical (unpaired) electrons. The van der Waals surface area contributed by atoms with E-state index in [4.69, 9.17) is 4.74 Å². The molecule has 0 spiro atoms. The van der Waals surface area contributed by atoms with E-state index in [1.54, 1.807) is 0 Å². The maximum atomic E-state index is 11.8. The Labute approximate surface area is 90.7 Å². The third kappa shape index (κ3) is 8.51. The summed E-state index contributed by atoms with van der Waals surface area (Å²) in [6, 6.07) is 0.169. The van der Waals surface area contributed by atoms with Gasteiger partial charge in [0.1, 0.15) is 6.61 Å². The topological polar surface area (TPSA) is 21.3 Å². The molecule has 0 fully saturated rings. The molecule has 0 heterocycles. The van der Waals surface area contributed by atoms with Crippen LogP contribution in [0.2, 0.25) is 0 Å². The molecule has 1 atom stereocenters. The van der Waals surface area contributed by atoms with E-state index in [1.807, 2.05) is 6.92 Å². The largest absolute Gasteiger partial charge is 0.375 e. The van der Waals surface area contributed by atoms with Crippen LogP contribution in [-0.2, 0) is 4.74 Å². The van der Waals surface area contributed by atoms with Crippen molar-refractivity contribution in [2.75, 3.05) is 19.8 Å². The van der Waals surface area contributed by atoms with Crippen LogP contribution in [-0.4, -0.2) is 32.2 Å². The molecule has 0 aliphatic carbocycles. The third-order valence-corrected chi connectivity index (χ3v) is 2.03. The normalized spacial score (nSPS) is 13.1. The van der Waals surface area contributed by atoms with Crippen molar-refractivity contribution in [2.45, 2.75) is 39.2 Å². The van der Waals surface area contributed by atoms with Crippen molar-refractivity contribution in [2.24, 2.45) is 0 Å². The Morgan fingerprint density at radius 2 is 2.13 bits per heavy atom. The summed E-state index contributed by atoms with van der Waals surface area (Å²) in [5.41, 5.74) is 1.02. The molecule has 0 aliphatic rings. The zero-order valence-electron chi connectivity index (χ0n) is 9.56. The van der Waals surface area contributed by atoms with Crippen molar-refractivity contribution < 1.29 is 13.5 Å². The molecule has 0 aliphatic heterocycles. The summed E-state index contributed by atoms with van der Waals surface area (Å²) in [6.07, 6.45) is -0.638. The van der Waals surface area contributed by atoms with E-state index in [0.717, 1.165) is 18.5 Å². The lowest BCUT2D eigenvalue weighted by molar-refractivity contribution is 0.0152. The molecule has 0 saturated carbocycles. The van der Waals surface area contributed by atoms with Gasteiger partial charge < -0.3 is 10.1 Å². The lowest BCUT2D eigenvalue weighted by atomic mass is 10.1. The van der Waals surface area contributed by atoms with Gasteiger partial charge in [0.2, 0.25) is 0 Å². The van der Waals surface area contributed by atoms with Gasteiger partial charge in [0.05, 0.1) is 0 Å². The quantitative estimate of drug-likeness (QED) is 0.477. The zero-order chi connectivity index (χ0) is 11.7. The summed E-state index contributed by atoms with van der Waals surface area (Å²) in [5, 5.41) is 3.29. The van der Waals surface area contributed by atoms with Gasteiger partial charge in [-0.3, -0.25) is 0 Å². The molecule has 1 N–H and O–H groups in total. The van der Waals surface area contributed by atoms with Crippen LogP contribution in [0.25, 0.3) is 0 Å². The van der Waals surface area contributed by atoms with Crippen molar-refractivity contribution in [3.63, 3.8) is 0 Å². The van der Waals surface area contributed by atoms with Gasteiger partial charge in [-0.1, -0.05) is 19.1 Å². The first-order valence-corrected chi connectivity index (χ1v) is 5.32. The van der Waals surface area contributed by atoms with E-state index in [0.29, 0.717) is 13.0 Å². The number of halogens is 2. The molecule has 0 rings (SSSR count). The summed E-state index contributed by atoms with van der Waals surface area (Å²) < 4.78 is 28.3. The standard InChI is InChI=1S/C11H21F2NO/c1-4-6-14-10(9(2)3)5-7-15-8-11(12)13/h10-11,14H,2,4-8H2,1,3H3. The molecule has 0 saturated heterocycles. The Kier molecular flexibility index (Phi) is 8.52. The van der Waals surface area contributed by atoms with E-state index in [9.17, 15) is 8.78 Å². The third-order valence-electron chi connectivity index (χ3n) is 2.03. The second-order valence-corrected chi connectivity index (χ2v) is 3.61. The second-order valence-electron chi connectivity index (χ2n) is 3.61. The van der Waals surface area contributed by atoms with E-state index in [-0.39, 0.29) is 6.04 Å². The Balaban J connectivity index is 3.62. The van der Waals surface area contributed by atoms with Crippen LogP contribution in [0.4, 0.5) is 8.78 Å². The van der Waals surface area contributed by atoms with Crippen molar-refractivity contribution in [1.29, 1.82) is 0 Å². The molecule has 0 amide bonds. The van der Waals surface area contributed by atoms with E-state index >= 15 is 0 Å². The maximum Gasteiger partial charge on any atom is 0.261 e. The van der Waals surface area contributed by atoms with Gasteiger partial charge in [-0.25, -0.2) is 8.78 Å². The van der Waals surface area contributed by atoms with Crippen LogP contribution in [0.3, 0.4) is 0 Å². The number of alkyl halides is 2. The highest BCUT2D eigenvalue weighted by atomic mass is 19.3. The predicted octanol–water partition coefficient (Wildman–Crippen LogP) is 2.60. The van der Waals surface area contributed by atoms with Gasteiger partial charge in [-0.15, -0.1) is 0 Å². The van der Waals surface area contributed by atoms with Crippen molar-refractivity contribution in [1.82, 2.24) is 5.32 Å². The number of nitrogens with one attached hydrogen (secondary N) is 1. The zero-order valence-corrected chi connectivity index (χ0v) is 9.56. The first-order chi connectivity index (χ1) is 7.07. The molecule has 0 aromatic heterocycles. The fraction of sp³-hybridized carbons (Fsp3) is 0.818.